The number of ether oxygens (including phenoxy) is 1. The fourth-order valence-corrected chi connectivity index (χ4v) is 0.440. The molecule has 0 bridgehead atoms. The van der Waals surface area contributed by atoms with E-state index in [1.165, 1.54) is 6.26 Å². The fraction of sp³-hybridized carbons (Fsp3) is 0.429. The van der Waals surface area contributed by atoms with Crippen LogP contribution in [0.15, 0.2) is 25.5 Å². The third-order valence-electron chi connectivity index (χ3n) is 0.871. The molecule has 9 heavy (non-hydrogen) atoms. The molecule has 1 unspecified atom stereocenters. The lowest BCUT2D eigenvalue weighted by atomic mass is 10.3. The van der Waals surface area contributed by atoms with Crippen LogP contribution in [0.1, 0.15) is 12.8 Å². The summed E-state index contributed by atoms with van der Waals surface area (Å²) >= 11 is 0. The summed E-state index contributed by atoms with van der Waals surface area (Å²) in [7, 11) is 0. The van der Waals surface area contributed by atoms with E-state index in [1.54, 1.807) is 6.08 Å². The van der Waals surface area contributed by atoms with Crippen LogP contribution >= 0.6 is 0 Å². The summed E-state index contributed by atoms with van der Waals surface area (Å²) in [5.74, 6) is 0. The van der Waals surface area contributed by atoms with Crippen LogP contribution in [-0.2, 0) is 4.74 Å². The Hall–Kier alpha value is -0.760. The number of hydrogen-bond acceptors (Lipinski definition) is 2. The van der Waals surface area contributed by atoms with E-state index >= 15 is 0 Å². The van der Waals surface area contributed by atoms with Crippen molar-refractivity contribution in [1.29, 1.82) is 0 Å². The number of aliphatic hydroxyl groups excluding tert-OH is 1. The molecule has 2 nitrogen and oxygen atoms in total. The third kappa shape index (κ3) is 5.11. The molecule has 0 aromatic rings. The second kappa shape index (κ2) is 5.38. The Morgan fingerprint density at radius 2 is 2.22 bits per heavy atom. The minimum absolute atomic E-state index is 0.579. The van der Waals surface area contributed by atoms with Gasteiger partial charge in [0.2, 0.25) is 0 Å². The van der Waals surface area contributed by atoms with Gasteiger partial charge in [-0.25, -0.2) is 0 Å². The quantitative estimate of drug-likeness (QED) is 0.345. The van der Waals surface area contributed by atoms with E-state index in [1.807, 2.05) is 0 Å². The molecule has 0 heterocycles. The van der Waals surface area contributed by atoms with Crippen molar-refractivity contribution in [3.05, 3.63) is 25.5 Å². The lowest BCUT2D eigenvalue weighted by molar-refractivity contribution is -0.0547. The molecule has 0 aliphatic carbocycles. The summed E-state index contributed by atoms with van der Waals surface area (Å²) in [4.78, 5) is 0. The molecule has 1 atom stereocenters. The van der Waals surface area contributed by atoms with Crippen LogP contribution in [-0.4, -0.2) is 11.4 Å². The highest BCUT2D eigenvalue weighted by Crippen LogP contribution is 1.98. The van der Waals surface area contributed by atoms with Crippen molar-refractivity contribution < 1.29 is 9.84 Å². The van der Waals surface area contributed by atoms with Crippen LogP contribution in [0.25, 0.3) is 0 Å². The lowest BCUT2D eigenvalue weighted by Crippen LogP contribution is -2.06. The van der Waals surface area contributed by atoms with Gasteiger partial charge in [-0.15, -0.1) is 6.58 Å². The first-order valence-electron chi connectivity index (χ1n) is 2.86. The molecule has 1 N–H and O–H groups in total. The van der Waals surface area contributed by atoms with E-state index in [0.29, 0.717) is 6.42 Å². The number of allylic oxidation sites excluding steroid dienone is 1. The molecule has 0 saturated heterocycles. The Bertz CT molecular complexity index is 88.9. The average Bonchev–Trinajstić information content (AvgIpc) is 1.85. The van der Waals surface area contributed by atoms with Gasteiger partial charge in [-0.1, -0.05) is 12.7 Å². The zero-order valence-electron chi connectivity index (χ0n) is 5.42. The predicted octanol–water partition coefficient (Wildman–Crippen LogP) is 1.43. The van der Waals surface area contributed by atoms with Crippen LogP contribution in [0, 0.1) is 0 Å². The topological polar surface area (TPSA) is 29.5 Å². The number of rotatable bonds is 5. The van der Waals surface area contributed by atoms with Crippen molar-refractivity contribution in [3.63, 3.8) is 0 Å². The van der Waals surface area contributed by atoms with Crippen molar-refractivity contribution in [2.45, 2.75) is 19.1 Å². The first-order chi connectivity index (χ1) is 4.31. The van der Waals surface area contributed by atoms with E-state index in [2.05, 4.69) is 17.9 Å². The van der Waals surface area contributed by atoms with E-state index in [9.17, 15) is 0 Å². The van der Waals surface area contributed by atoms with Gasteiger partial charge in [-0.2, -0.15) is 0 Å². The smallest absolute Gasteiger partial charge is 0.196 e. The predicted molar refractivity (Wildman–Crippen MR) is 36.7 cm³/mol. The highest BCUT2D eigenvalue weighted by atomic mass is 16.6. The van der Waals surface area contributed by atoms with Crippen LogP contribution in [0.5, 0.6) is 0 Å². The van der Waals surface area contributed by atoms with Crippen molar-refractivity contribution in [2.24, 2.45) is 0 Å². The third-order valence-corrected chi connectivity index (χ3v) is 0.871. The normalized spacial score (nSPS) is 12.1. The molecular weight excluding hydrogens is 116 g/mol. The Balaban J connectivity index is 3.14. The van der Waals surface area contributed by atoms with Gasteiger partial charge < -0.3 is 9.84 Å². The van der Waals surface area contributed by atoms with Gasteiger partial charge in [-0.05, 0) is 6.42 Å². The van der Waals surface area contributed by atoms with Gasteiger partial charge in [-0.3, -0.25) is 0 Å². The Kier molecular flexibility index (Phi) is 4.92. The van der Waals surface area contributed by atoms with Crippen LogP contribution < -0.4 is 0 Å². The second-order valence-corrected chi connectivity index (χ2v) is 1.62. The van der Waals surface area contributed by atoms with Gasteiger partial charge in [0.05, 0.1) is 6.26 Å². The molecule has 0 rings (SSSR count). The summed E-state index contributed by atoms with van der Waals surface area (Å²) in [5, 5.41) is 8.84. The summed E-state index contributed by atoms with van der Waals surface area (Å²) < 4.78 is 4.62. The fourth-order valence-electron chi connectivity index (χ4n) is 0.440. The maximum absolute atomic E-state index is 8.84. The summed E-state index contributed by atoms with van der Waals surface area (Å²) in [6.45, 7) is 6.80. The molecular formula is C7H12O2. The van der Waals surface area contributed by atoms with Gasteiger partial charge in [0.25, 0.3) is 0 Å². The number of aliphatic hydroxyl groups is 1. The molecule has 0 spiro atoms. The average molecular weight is 128 g/mol. The van der Waals surface area contributed by atoms with Gasteiger partial charge in [0, 0.05) is 6.42 Å². The monoisotopic (exact) mass is 128 g/mol. The maximum Gasteiger partial charge on any atom is 0.196 e. The van der Waals surface area contributed by atoms with Crippen LogP contribution in [0.4, 0.5) is 0 Å². The molecule has 0 aromatic carbocycles. The molecule has 0 fully saturated rings. The molecule has 2 heteroatoms. The largest absolute Gasteiger partial charge is 0.473 e. The van der Waals surface area contributed by atoms with Crippen molar-refractivity contribution in [3.8, 4) is 0 Å². The Morgan fingerprint density at radius 1 is 1.56 bits per heavy atom. The molecule has 0 amide bonds. The molecule has 0 aliphatic heterocycles. The standard InChI is InChI=1S/C7H12O2/c1-3-5-6-7(8)9-4-2/h3-4,7-8H,1-2,5-6H2. The van der Waals surface area contributed by atoms with Gasteiger partial charge >= 0.3 is 0 Å². The first kappa shape index (κ1) is 8.24. The van der Waals surface area contributed by atoms with Gasteiger partial charge in [0.1, 0.15) is 0 Å². The van der Waals surface area contributed by atoms with E-state index in [0.717, 1.165) is 6.42 Å². The van der Waals surface area contributed by atoms with Crippen molar-refractivity contribution in [2.75, 3.05) is 0 Å². The summed E-state index contributed by atoms with van der Waals surface area (Å²) in [6.07, 6.45) is 3.58. The van der Waals surface area contributed by atoms with E-state index < -0.39 is 6.29 Å². The van der Waals surface area contributed by atoms with Crippen LogP contribution in [0.3, 0.4) is 0 Å². The molecule has 0 aliphatic rings. The zero-order valence-corrected chi connectivity index (χ0v) is 5.42. The molecule has 0 aromatic heterocycles. The number of hydrogen-bond donors (Lipinski definition) is 1. The Labute approximate surface area is 55.5 Å². The highest BCUT2D eigenvalue weighted by molar-refractivity contribution is 4.66. The van der Waals surface area contributed by atoms with Crippen LogP contribution in [0.2, 0.25) is 0 Å². The molecule has 0 radical (unpaired) electrons. The maximum atomic E-state index is 8.84. The summed E-state index contributed by atoms with van der Waals surface area (Å²) in [5.41, 5.74) is 0. The Morgan fingerprint density at radius 3 is 2.67 bits per heavy atom. The molecule has 0 saturated carbocycles. The van der Waals surface area contributed by atoms with Crippen molar-refractivity contribution >= 4 is 0 Å². The van der Waals surface area contributed by atoms with Gasteiger partial charge in [0.15, 0.2) is 6.29 Å². The minimum atomic E-state index is -0.722. The van der Waals surface area contributed by atoms with Crippen molar-refractivity contribution in [1.82, 2.24) is 0 Å². The SMILES string of the molecule is C=CCCC(O)OC=C. The lowest BCUT2D eigenvalue weighted by Gasteiger charge is -2.06. The van der Waals surface area contributed by atoms with E-state index in [-0.39, 0.29) is 0 Å². The second-order valence-electron chi connectivity index (χ2n) is 1.62. The summed E-state index contributed by atoms with van der Waals surface area (Å²) in [6, 6.07) is 0. The molecule has 52 valence electrons. The zero-order chi connectivity index (χ0) is 7.11. The highest BCUT2D eigenvalue weighted by Gasteiger charge is 1.97. The van der Waals surface area contributed by atoms with E-state index in [4.69, 9.17) is 5.11 Å². The minimum Gasteiger partial charge on any atom is -0.473 e. The first-order valence-corrected chi connectivity index (χ1v) is 2.86.